The second kappa shape index (κ2) is 3.72. The Hall–Kier alpha value is -0.130. The standard InChI is InChI=1S/C7H15NO3S/c1-11-7-3-6(8-4-7)5-12(2,9)10/h6-8H,3-5H2,1-2H3/t6-,7-/m1/s1. The SMILES string of the molecule is CO[C@H]1CN[C@@H](CS(C)(=O)=O)C1. The van der Waals surface area contributed by atoms with Crippen molar-refractivity contribution in [2.45, 2.75) is 18.6 Å². The number of rotatable bonds is 3. The third-order valence-corrected chi connectivity index (χ3v) is 3.03. The van der Waals surface area contributed by atoms with Crippen molar-refractivity contribution < 1.29 is 13.2 Å². The van der Waals surface area contributed by atoms with Crippen LogP contribution in [-0.4, -0.2) is 46.2 Å². The van der Waals surface area contributed by atoms with Crippen molar-refractivity contribution >= 4 is 9.84 Å². The third kappa shape index (κ3) is 3.08. The van der Waals surface area contributed by atoms with Crippen LogP contribution in [0.4, 0.5) is 0 Å². The summed E-state index contributed by atoms with van der Waals surface area (Å²) in [6.07, 6.45) is 2.23. The van der Waals surface area contributed by atoms with Crippen molar-refractivity contribution in [3.8, 4) is 0 Å². The first-order chi connectivity index (χ1) is 5.51. The van der Waals surface area contributed by atoms with Crippen LogP contribution < -0.4 is 5.32 Å². The average molecular weight is 193 g/mol. The molecule has 72 valence electrons. The van der Waals surface area contributed by atoms with Gasteiger partial charge in [-0.05, 0) is 6.42 Å². The zero-order valence-corrected chi connectivity index (χ0v) is 8.23. The molecule has 0 aromatic rings. The van der Waals surface area contributed by atoms with Gasteiger partial charge in [-0.3, -0.25) is 0 Å². The van der Waals surface area contributed by atoms with E-state index in [1.165, 1.54) is 6.26 Å². The summed E-state index contributed by atoms with van der Waals surface area (Å²) in [6.45, 7) is 0.761. The molecule has 1 N–H and O–H groups in total. The predicted octanol–water partition coefficient (Wildman–Crippen LogP) is -0.592. The van der Waals surface area contributed by atoms with Gasteiger partial charge in [0.05, 0.1) is 11.9 Å². The Kier molecular flexibility index (Phi) is 3.09. The van der Waals surface area contributed by atoms with Gasteiger partial charge < -0.3 is 10.1 Å². The molecular weight excluding hydrogens is 178 g/mol. The minimum absolute atomic E-state index is 0.0740. The van der Waals surface area contributed by atoms with E-state index in [9.17, 15) is 8.42 Å². The van der Waals surface area contributed by atoms with Crippen molar-refractivity contribution in [1.29, 1.82) is 0 Å². The predicted molar refractivity (Wildman–Crippen MR) is 46.9 cm³/mol. The maximum atomic E-state index is 10.9. The second-order valence-electron chi connectivity index (χ2n) is 3.29. The molecule has 1 aliphatic rings. The van der Waals surface area contributed by atoms with E-state index in [0.717, 1.165) is 13.0 Å². The van der Waals surface area contributed by atoms with Crippen molar-refractivity contribution in [3.05, 3.63) is 0 Å². The molecule has 0 spiro atoms. The molecule has 1 rings (SSSR count). The van der Waals surface area contributed by atoms with Crippen LogP contribution in [0, 0.1) is 0 Å². The number of nitrogens with one attached hydrogen (secondary N) is 1. The summed E-state index contributed by atoms with van der Waals surface area (Å²) in [5.41, 5.74) is 0. The quantitative estimate of drug-likeness (QED) is 0.651. The van der Waals surface area contributed by atoms with Gasteiger partial charge in [-0.15, -0.1) is 0 Å². The molecule has 0 saturated carbocycles. The van der Waals surface area contributed by atoms with Crippen LogP contribution in [0.1, 0.15) is 6.42 Å². The van der Waals surface area contributed by atoms with Crippen molar-refractivity contribution in [2.75, 3.05) is 25.7 Å². The molecule has 0 radical (unpaired) electrons. The van der Waals surface area contributed by atoms with Crippen LogP contribution in [0.15, 0.2) is 0 Å². The molecule has 5 heteroatoms. The van der Waals surface area contributed by atoms with Gasteiger partial charge in [-0.1, -0.05) is 0 Å². The summed E-state index contributed by atoms with van der Waals surface area (Å²) in [5.74, 6) is 0.215. The highest BCUT2D eigenvalue weighted by molar-refractivity contribution is 7.90. The normalized spacial score (nSPS) is 30.8. The minimum Gasteiger partial charge on any atom is -0.380 e. The molecule has 1 aliphatic heterocycles. The first-order valence-electron chi connectivity index (χ1n) is 3.95. The summed E-state index contributed by atoms with van der Waals surface area (Å²) in [5, 5.41) is 3.11. The van der Waals surface area contributed by atoms with Gasteiger partial charge >= 0.3 is 0 Å². The Labute approximate surface area is 73.2 Å². The number of hydrogen-bond acceptors (Lipinski definition) is 4. The lowest BCUT2D eigenvalue weighted by atomic mass is 10.2. The van der Waals surface area contributed by atoms with Crippen LogP contribution in [0.2, 0.25) is 0 Å². The Morgan fingerprint density at radius 3 is 2.67 bits per heavy atom. The molecule has 4 nitrogen and oxygen atoms in total. The summed E-state index contributed by atoms with van der Waals surface area (Å²) >= 11 is 0. The Balaban J connectivity index is 2.38. The van der Waals surface area contributed by atoms with Gasteiger partial charge in [0.25, 0.3) is 0 Å². The molecule has 1 saturated heterocycles. The first kappa shape index (κ1) is 9.95. The molecule has 0 aromatic carbocycles. The van der Waals surface area contributed by atoms with E-state index in [2.05, 4.69) is 5.32 Å². The molecule has 12 heavy (non-hydrogen) atoms. The first-order valence-corrected chi connectivity index (χ1v) is 6.01. The van der Waals surface area contributed by atoms with Crippen LogP contribution in [0.25, 0.3) is 0 Å². The van der Waals surface area contributed by atoms with E-state index >= 15 is 0 Å². The zero-order chi connectivity index (χ0) is 9.19. The summed E-state index contributed by atoms with van der Waals surface area (Å²) in [4.78, 5) is 0. The molecule has 0 amide bonds. The van der Waals surface area contributed by atoms with Gasteiger partial charge in [-0.25, -0.2) is 8.42 Å². The van der Waals surface area contributed by atoms with E-state index in [1.807, 2.05) is 0 Å². The lowest BCUT2D eigenvalue weighted by molar-refractivity contribution is 0.118. The van der Waals surface area contributed by atoms with E-state index in [4.69, 9.17) is 4.74 Å². The highest BCUT2D eigenvalue weighted by Crippen LogP contribution is 2.10. The number of sulfone groups is 1. The second-order valence-corrected chi connectivity index (χ2v) is 5.48. The molecule has 1 heterocycles. The number of ether oxygens (including phenoxy) is 1. The third-order valence-electron chi connectivity index (χ3n) is 2.02. The minimum atomic E-state index is -2.86. The lowest BCUT2D eigenvalue weighted by Crippen LogP contribution is -2.29. The van der Waals surface area contributed by atoms with Crippen molar-refractivity contribution in [1.82, 2.24) is 5.32 Å². The number of hydrogen-bond donors (Lipinski definition) is 1. The van der Waals surface area contributed by atoms with E-state index in [-0.39, 0.29) is 17.9 Å². The van der Waals surface area contributed by atoms with E-state index in [1.54, 1.807) is 7.11 Å². The fourth-order valence-corrected chi connectivity index (χ4v) is 2.44. The van der Waals surface area contributed by atoms with Crippen LogP contribution in [0.3, 0.4) is 0 Å². The lowest BCUT2D eigenvalue weighted by Gasteiger charge is -2.07. The molecule has 0 aliphatic carbocycles. The number of methoxy groups -OCH3 is 1. The van der Waals surface area contributed by atoms with Crippen molar-refractivity contribution in [2.24, 2.45) is 0 Å². The van der Waals surface area contributed by atoms with Crippen LogP contribution >= 0.6 is 0 Å². The van der Waals surface area contributed by atoms with Gasteiger partial charge in [0.2, 0.25) is 0 Å². The zero-order valence-electron chi connectivity index (χ0n) is 7.41. The van der Waals surface area contributed by atoms with E-state index < -0.39 is 9.84 Å². The fraction of sp³-hybridized carbons (Fsp3) is 1.00. The topological polar surface area (TPSA) is 55.4 Å². The Morgan fingerprint density at radius 2 is 2.25 bits per heavy atom. The smallest absolute Gasteiger partial charge is 0.148 e. The van der Waals surface area contributed by atoms with E-state index in [0.29, 0.717) is 0 Å². The average Bonchev–Trinajstić information content (AvgIpc) is 2.32. The molecule has 0 bridgehead atoms. The van der Waals surface area contributed by atoms with Gasteiger partial charge in [0.15, 0.2) is 0 Å². The highest BCUT2D eigenvalue weighted by atomic mass is 32.2. The van der Waals surface area contributed by atoms with Crippen molar-refractivity contribution in [3.63, 3.8) is 0 Å². The highest BCUT2D eigenvalue weighted by Gasteiger charge is 2.26. The summed E-state index contributed by atoms with van der Waals surface area (Å²) in [6, 6.07) is 0.0740. The molecule has 0 aromatic heterocycles. The Bertz CT molecular complexity index is 237. The fourth-order valence-electron chi connectivity index (χ4n) is 1.45. The van der Waals surface area contributed by atoms with Gasteiger partial charge in [0.1, 0.15) is 9.84 Å². The Morgan fingerprint density at radius 1 is 1.58 bits per heavy atom. The maximum absolute atomic E-state index is 10.9. The molecule has 1 fully saturated rings. The summed E-state index contributed by atoms with van der Waals surface area (Å²) < 4.78 is 26.9. The van der Waals surface area contributed by atoms with Crippen LogP contribution in [0.5, 0.6) is 0 Å². The monoisotopic (exact) mass is 193 g/mol. The molecule has 2 atom stereocenters. The van der Waals surface area contributed by atoms with Gasteiger partial charge in [-0.2, -0.15) is 0 Å². The van der Waals surface area contributed by atoms with Crippen LogP contribution in [-0.2, 0) is 14.6 Å². The molecular formula is C7H15NO3S. The maximum Gasteiger partial charge on any atom is 0.148 e. The van der Waals surface area contributed by atoms with Gasteiger partial charge in [0, 0.05) is 26.0 Å². The summed E-state index contributed by atoms with van der Waals surface area (Å²) in [7, 11) is -1.21. The molecule has 0 unspecified atom stereocenters. The largest absolute Gasteiger partial charge is 0.380 e.